The molecule has 0 aromatic carbocycles. The second-order valence-electron chi connectivity index (χ2n) is 3.73. The highest BCUT2D eigenvalue weighted by Gasteiger charge is 2.02. The Bertz CT molecular complexity index is 192. The van der Waals surface area contributed by atoms with Crippen LogP contribution in [0.25, 0.3) is 0 Å². The first kappa shape index (κ1) is 14.7. The highest BCUT2D eigenvalue weighted by Crippen LogP contribution is 2.03. The van der Waals surface area contributed by atoms with Crippen molar-refractivity contribution >= 4 is 21.8 Å². The van der Waals surface area contributed by atoms with Crippen LogP contribution in [0.5, 0.6) is 0 Å². The highest BCUT2D eigenvalue weighted by molar-refractivity contribution is 9.09. The van der Waals surface area contributed by atoms with Gasteiger partial charge < -0.3 is 4.90 Å². The number of hydrogen-bond donors (Lipinski definition) is 0. The summed E-state index contributed by atoms with van der Waals surface area (Å²) in [6, 6.07) is 0. The van der Waals surface area contributed by atoms with Crippen LogP contribution in [0.3, 0.4) is 0 Å². The average molecular weight is 276 g/mol. The van der Waals surface area contributed by atoms with Gasteiger partial charge in [0.25, 0.3) is 0 Å². The Hall–Kier alpha value is -0.310. The van der Waals surface area contributed by atoms with Crippen LogP contribution in [-0.4, -0.2) is 29.7 Å². The molecule has 1 amide bonds. The number of allylic oxidation sites excluding steroid dienone is 1. The number of halogens is 1. The van der Waals surface area contributed by atoms with Crippen molar-refractivity contribution in [3.05, 3.63) is 12.2 Å². The molecule has 3 heteroatoms. The van der Waals surface area contributed by atoms with E-state index in [9.17, 15) is 4.79 Å². The fraction of sp³-hybridized carbons (Fsp3) is 0.750. The number of alkyl halides is 1. The van der Waals surface area contributed by atoms with E-state index in [4.69, 9.17) is 0 Å². The van der Waals surface area contributed by atoms with Crippen molar-refractivity contribution in [1.82, 2.24) is 4.90 Å². The molecule has 0 aliphatic heterocycles. The maximum Gasteiger partial charge on any atom is 0.245 e. The lowest BCUT2D eigenvalue weighted by molar-refractivity contribution is -0.124. The third kappa shape index (κ3) is 8.67. The Kier molecular flexibility index (Phi) is 10.0. The van der Waals surface area contributed by atoms with Gasteiger partial charge in [0.15, 0.2) is 0 Å². The highest BCUT2D eigenvalue weighted by atomic mass is 79.9. The quantitative estimate of drug-likeness (QED) is 0.378. The summed E-state index contributed by atoms with van der Waals surface area (Å²) < 4.78 is 0. The van der Waals surface area contributed by atoms with Crippen LogP contribution in [-0.2, 0) is 4.79 Å². The van der Waals surface area contributed by atoms with Crippen molar-refractivity contribution in [1.29, 1.82) is 0 Å². The lowest BCUT2D eigenvalue weighted by atomic mass is 10.1. The molecule has 2 nitrogen and oxygen atoms in total. The lowest BCUT2D eigenvalue weighted by Gasteiger charge is -2.14. The van der Waals surface area contributed by atoms with Gasteiger partial charge in [0.2, 0.25) is 5.91 Å². The summed E-state index contributed by atoms with van der Waals surface area (Å²) in [6.45, 7) is 3.08. The van der Waals surface area contributed by atoms with Crippen LogP contribution in [0.1, 0.15) is 39.0 Å². The molecule has 0 aliphatic carbocycles. The monoisotopic (exact) mass is 275 g/mol. The van der Waals surface area contributed by atoms with Gasteiger partial charge >= 0.3 is 0 Å². The molecule has 0 bridgehead atoms. The van der Waals surface area contributed by atoms with Gasteiger partial charge in [-0.3, -0.25) is 4.79 Å². The second kappa shape index (κ2) is 10.2. The molecule has 0 radical (unpaired) electrons. The Morgan fingerprint density at radius 2 is 1.93 bits per heavy atom. The van der Waals surface area contributed by atoms with Gasteiger partial charge in [0, 0.05) is 18.9 Å². The molecule has 0 aromatic rings. The molecule has 0 N–H and O–H groups in total. The first-order valence-corrected chi connectivity index (χ1v) is 6.82. The Morgan fingerprint density at radius 1 is 1.27 bits per heavy atom. The number of nitrogens with zero attached hydrogens (tertiary/aromatic N) is 1. The first-order valence-electron chi connectivity index (χ1n) is 5.70. The summed E-state index contributed by atoms with van der Waals surface area (Å²) in [7, 11) is 1.86. The normalized spacial score (nSPS) is 10.9. The van der Waals surface area contributed by atoms with E-state index in [1.165, 1.54) is 25.7 Å². The van der Waals surface area contributed by atoms with E-state index in [0.717, 1.165) is 18.3 Å². The molecule has 0 rings (SSSR count). The number of unbranched alkanes of at least 4 members (excludes halogenated alkanes) is 4. The number of carbonyl (C=O) groups is 1. The average Bonchev–Trinajstić information content (AvgIpc) is 2.25. The van der Waals surface area contributed by atoms with E-state index < -0.39 is 0 Å². The smallest absolute Gasteiger partial charge is 0.245 e. The van der Waals surface area contributed by atoms with Gasteiger partial charge in [-0.2, -0.15) is 0 Å². The van der Waals surface area contributed by atoms with E-state index >= 15 is 0 Å². The van der Waals surface area contributed by atoms with Crippen LogP contribution >= 0.6 is 15.9 Å². The van der Waals surface area contributed by atoms with Crippen LogP contribution in [0.4, 0.5) is 0 Å². The Balaban J connectivity index is 3.51. The predicted molar refractivity (Wildman–Crippen MR) is 69.3 cm³/mol. The fourth-order valence-electron chi connectivity index (χ4n) is 1.34. The van der Waals surface area contributed by atoms with Gasteiger partial charge in [0.1, 0.15) is 0 Å². The maximum absolute atomic E-state index is 11.4. The van der Waals surface area contributed by atoms with Gasteiger partial charge in [-0.15, -0.1) is 0 Å². The third-order valence-corrected chi connectivity index (χ3v) is 2.70. The minimum absolute atomic E-state index is 0.102. The largest absolute Gasteiger partial charge is 0.342 e. The zero-order chi connectivity index (χ0) is 11.5. The molecule has 0 heterocycles. The molecule has 0 aromatic heterocycles. The van der Waals surface area contributed by atoms with Crippen LogP contribution in [0.15, 0.2) is 12.2 Å². The number of likely N-dealkylation sites (N-methyl/N-ethyl adjacent to an activating group) is 1. The molecule has 0 saturated carbocycles. The minimum atomic E-state index is 0.102. The number of rotatable bonds is 8. The Labute approximate surface area is 102 Å². The summed E-state index contributed by atoms with van der Waals surface area (Å²) in [4.78, 5) is 13.2. The minimum Gasteiger partial charge on any atom is -0.342 e. The van der Waals surface area contributed by atoms with Crippen molar-refractivity contribution in [3.8, 4) is 0 Å². The fourth-order valence-corrected chi connectivity index (χ4v) is 1.52. The summed E-state index contributed by atoms with van der Waals surface area (Å²) in [6.07, 6.45) is 9.66. The van der Waals surface area contributed by atoms with Crippen molar-refractivity contribution in [3.63, 3.8) is 0 Å². The van der Waals surface area contributed by atoms with E-state index in [2.05, 4.69) is 22.9 Å². The zero-order valence-corrected chi connectivity index (χ0v) is 11.4. The third-order valence-electron chi connectivity index (χ3n) is 2.32. The molecule has 0 atom stereocenters. The molecule has 15 heavy (non-hydrogen) atoms. The summed E-state index contributed by atoms with van der Waals surface area (Å²) in [5.41, 5.74) is 0. The maximum atomic E-state index is 11.4. The van der Waals surface area contributed by atoms with Gasteiger partial charge in [-0.25, -0.2) is 0 Å². The van der Waals surface area contributed by atoms with Gasteiger partial charge in [-0.1, -0.05) is 54.6 Å². The number of carbonyl (C=O) groups excluding carboxylic acids is 1. The molecule has 0 spiro atoms. The van der Waals surface area contributed by atoms with Gasteiger partial charge in [0.05, 0.1) is 0 Å². The van der Waals surface area contributed by atoms with Crippen molar-refractivity contribution in [2.75, 3.05) is 18.9 Å². The zero-order valence-electron chi connectivity index (χ0n) is 9.84. The number of amides is 1. The molecular formula is C12H22BrNO. The van der Waals surface area contributed by atoms with Crippen LogP contribution in [0, 0.1) is 0 Å². The molecule has 0 aliphatic rings. The van der Waals surface area contributed by atoms with E-state index in [-0.39, 0.29) is 5.91 Å². The second-order valence-corrected chi connectivity index (χ2v) is 4.38. The molecule has 88 valence electrons. The van der Waals surface area contributed by atoms with Gasteiger partial charge in [-0.05, 0) is 12.5 Å². The van der Waals surface area contributed by atoms with E-state index in [1.807, 2.05) is 13.1 Å². The molecule has 0 fully saturated rings. The Morgan fingerprint density at radius 3 is 2.53 bits per heavy atom. The molecular weight excluding hydrogens is 254 g/mol. The van der Waals surface area contributed by atoms with Crippen LogP contribution < -0.4 is 0 Å². The predicted octanol–water partition coefficient (Wildman–Crippen LogP) is 3.37. The molecule has 0 unspecified atom stereocenters. The summed E-state index contributed by atoms with van der Waals surface area (Å²) in [5, 5.41) is 0.739. The van der Waals surface area contributed by atoms with E-state index in [0.29, 0.717) is 0 Å². The topological polar surface area (TPSA) is 20.3 Å². The van der Waals surface area contributed by atoms with Crippen molar-refractivity contribution < 1.29 is 4.79 Å². The molecule has 0 saturated heterocycles. The first-order chi connectivity index (χ1) is 7.22. The standard InChI is InChI=1S/C12H22BrNO/c1-3-4-5-6-7-11-14(2)12(15)9-8-10-13/h8-9H,3-7,10-11H2,1-2H3. The lowest BCUT2D eigenvalue weighted by Crippen LogP contribution is -2.25. The SMILES string of the molecule is CCCCCCCN(C)C(=O)C=CCBr. The van der Waals surface area contributed by atoms with Crippen LogP contribution in [0.2, 0.25) is 0 Å². The number of hydrogen-bond acceptors (Lipinski definition) is 1. The van der Waals surface area contributed by atoms with Crippen molar-refractivity contribution in [2.45, 2.75) is 39.0 Å². The van der Waals surface area contributed by atoms with E-state index in [1.54, 1.807) is 11.0 Å². The van der Waals surface area contributed by atoms with Crippen molar-refractivity contribution in [2.24, 2.45) is 0 Å². The summed E-state index contributed by atoms with van der Waals surface area (Å²) in [5.74, 6) is 0.102. The summed E-state index contributed by atoms with van der Waals surface area (Å²) >= 11 is 3.25.